The summed E-state index contributed by atoms with van der Waals surface area (Å²) in [5.74, 6) is -2.85. The Balaban J connectivity index is 2.94. The fourth-order valence-electron chi connectivity index (χ4n) is 1.42. The molecule has 0 aliphatic carbocycles. The molecular weight excluding hydrogens is 243 g/mol. The Hall–Kier alpha value is -1.17. The molecule has 1 rings (SSSR count). The predicted molar refractivity (Wildman–Crippen MR) is 51.6 cm³/mol. The Labute approximate surface area is 95.2 Å². The van der Waals surface area contributed by atoms with Gasteiger partial charge in [-0.1, -0.05) is 30.3 Å². The van der Waals surface area contributed by atoms with Crippen molar-refractivity contribution in [1.82, 2.24) is 0 Å². The van der Waals surface area contributed by atoms with Gasteiger partial charge in [0.1, 0.15) is 5.92 Å². The monoisotopic (exact) mass is 254 g/mol. The van der Waals surface area contributed by atoms with Crippen molar-refractivity contribution in [2.45, 2.75) is 18.7 Å². The van der Waals surface area contributed by atoms with Crippen LogP contribution >= 0.6 is 0 Å². The van der Waals surface area contributed by atoms with Gasteiger partial charge in [0.2, 0.25) is 0 Å². The molecule has 96 valence electrons. The van der Waals surface area contributed by atoms with Gasteiger partial charge in [-0.15, -0.1) is 0 Å². The Morgan fingerprint density at radius 3 is 2.00 bits per heavy atom. The predicted octanol–water partition coefficient (Wildman–Crippen LogP) is 3.65. The molecule has 1 unspecified atom stereocenters. The van der Waals surface area contributed by atoms with E-state index in [1.807, 2.05) is 0 Å². The van der Waals surface area contributed by atoms with Gasteiger partial charge in [-0.25, -0.2) is 0 Å². The lowest BCUT2D eigenvalue weighted by atomic mass is 9.97. The van der Waals surface area contributed by atoms with Crippen LogP contribution in [0.5, 0.6) is 0 Å². The number of alkyl halides is 5. The Morgan fingerprint density at radius 2 is 1.59 bits per heavy atom. The SMILES string of the molecule is COC(F)(F)C(Cc1ccccc1)C(F)(F)F. The zero-order valence-electron chi connectivity index (χ0n) is 8.97. The summed E-state index contributed by atoms with van der Waals surface area (Å²) >= 11 is 0. The van der Waals surface area contributed by atoms with Gasteiger partial charge in [-0.3, -0.25) is 0 Å². The molecule has 0 radical (unpaired) electrons. The van der Waals surface area contributed by atoms with Crippen molar-refractivity contribution in [3.8, 4) is 0 Å². The zero-order chi connectivity index (χ0) is 13.1. The van der Waals surface area contributed by atoms with E-state index in [4.69, 9.17) is 0 Å². The molecule has 0 N–H and O–H groups in total. The third-order valence-corrected chi connectivity index (χ3v) is 2.36. The summed E-state index contributed by atoms with van der Waals surface area (Å²) in [6.07, 6.45) is -10.1. The van der Waals surface area contributed by atoms with E-state index in [1.165, 1.54) is 24.3 Å². The molecule has 0 saturated heterocycles. The van der Waals surface area contributed by atoms with Crippen LogP contribution in [0.15, 0.2) is 30.3 Å². The van der Waals surface area contributed by atoms with E-state index in [-0.39, 0.29) is 5.56 Å². The van der Waals surface area contributed by atoms with Crippen molar-refractivity contribution < 1.29 is 26.7 Å². The molecule has 1 atom stereocenters. The third kappa shape index (κ3) is 3.66. The Morgan fingerprint density at radius 1 is 1.06 bits per heavy atom. The van der Waals surface area contributed by atoms with Crippen LogP contribution in [0.4, 0.5) is 22.0 Å². The van der Waals surface area contributed by atoms with Crippen molar-refractivity contribution in [1.29, 1.82) is 0 Å². The van der Waals surface area contributed by atoms with Gasteiger partial charge in [0.15, 0.2) is 0 Å². The molecule has 1 aromatic rings. The fourth-order valence-corrected chi connectivity index (χ4v) is 1.42. The number of benzene rings is 1. The maximum Gasteiger partial charge on any atom is 0.400 e. The van der Waals surface area contributed by atoms with Crippen LogP contribution in [0.2, 0.25) is 0 Å². The van der Waals surface area contributed by atoms with Gasteiger partial charge in [-0.2, -0.15) is 22.0 Å². The second kappa shape index (κ2) is 5.00. The normalized spacial score (nSPS) is 14.7. The molecule has 17 heavy (non-hydrogen) atoms. The van der Waals surface area contributed by atoms with E-state index in [0.29, 0.717) is 7.11 Å². The molecule has 0 fully saturated rings. The molecule has 0 spiro atoms. The van der Waals surface area contributed by atoms with Crippen LogP contribution in [-0.2, 0) is 11.2 Å². The van der Waals surface area contributed by atoms with Crippen molar-refractivity contribution in [2.75, 3.05) is 7.11 Å². The van der Waals surface area contributed by atoms with Crippen molar-refractivity contribution in [3.05, 3.63) is 35.9 Å². The summed E-state index contributed by atoms with van der Waals surface area (Å²) in [7, 11) is 0.559. The quantitative estimate of drug-likeness (QED) is 0.745. The molecule has 0 aliphatic rings. The number of ether oxygens (including phenoxy) is 1. The van der Waals surface area contributed by atoms with Gasteiger partial charge in [0.05, 0.1) is 0 Å². The first-order chi connectivity index (χ1) is 7.77. The third-order valence-electron chi connectivity index (χ3n) is 2.36. The molecule has 0 bridgehead atoms. The lowest BCUT2D eigenvalue weighted by Crippen LogP contribution is -2.42. The maximum atomic E-state index is 13.1. The van der Waals surface area contributed by atoms with Gasteiger partial charge in [0, 0.05) is 7.11 Å². The van der Waals surface area contributed by atoms with Crippen LogP contribution in [0, 0.1) is 5.92 Å². The summed E-state index contributed by atoms with van der Waals surface area (Å²) in [6.45, 7) is 0. The van der Waals surface area contributed by atoms with E-state index >= 15 is 0 Å². The molecule has 0 saturated carbocycles. The lowest BCUT2D eigenvalue weighted by Gasteiger charge is -2.27. The molecule has 0 aliphatic heterocycles. The molecule has 0 aromatic heterocycles. The van der Waals surface area contributed by atoms with Crippen LogP contribution < -0.4 is 0 Å². The fraction of sp³-hybridized carbons (Fsp3) is 0.455. The average Bonchev–Trinajstić information content (AvgIpc) is 2.25. The number of methoxy groups -OCH3 is 1. The Kier molecular flexibility index (Phi) is 4.08. The standard InChI is InChI=1S/C11H11F5O/c1-17-11(15,16)9(10(12,13)14)7-8-5-3-2-4-6-8/h2-6,9H,7H2,1H3. The number of rotatable bonds is 4. The minimum atomic E-state index is -5.02. The van der Waals surface area contributed by atoms with Crippen molar-refractivity contribution >= 4 is 0 Å². The highest BCUT2D eigenvalue weighted by Gasteiger charge is 2.56. The molecule has 6 heteroatoms. The van der Waals surface area contributed by atoms with Crippen molar-refractivity contribution in [2.24, 2.45) is 5.92 Å². The topological polar surface area (TPSA) is 9.23 Å². The number of hydrogen-bond acceptors (Lipinski definition) is 1. The minimum absolute atomic E-state index is 0.187. The van der Waals surface area contributed by atoms with Gasteiger partial charge >= 0.3 is 12.3 Å². The van der Waals surface area contributed by atoms with Crippen LogP contribution in [0.25, 0.3) is 0 Å². The first-order valence-corrected chi connectivity index (χ1v) is 4.81. The van der Waals surface area contributed by atoms with E-state index in [9.17, 15) is 22.0 Å². The van der Waals surface area contributed by atoms with Crippen LogP contribution in [-0.4, -0.2) is 19.4 Å². The zero-order valence-corrected chi connectivity index (χ0v) is 8.97. The maximum absolute atomic E-state index is 13.1. The molecule has 1 aromatic carbocycles. The summed E-state index contributed by atoms with van der Waals surface area (Å²) in [4.78, 5) is 0. The largest absolute Gasteiger partial charge is 0.400 e. The molecule has 0 amide bonds. The highest BCUT2D eigenvalue weighted by atomic mass is 19.4. The van der Waals surface area contributed by atoms with Crippen molar-refractivity contribution in [3.63, 3.8) is 0 Å². The summed E-state index contributed by atoms with van der Waals surface area (Å²) < 4.78 is 67.3. The van der Waals surface area contributed by atoms with Crippen LogP contribution in [0.3, 0.4) is 0 Å². The summed E-state index contributed by atoms with van der Waals surface area (Å²) in [6, 6.07) is 7.32. The number of halogens is 5. The molecular formula is C11H11F5O. The van der Waals surface area contributed by atoms with Crippen LogP contribution in [0.1, 0.15) is 5.56 Å². The summed E-state index contributed by atoms with van der Waals surface area (Å²) in [5, 5.41) is 0. The van der Waals surface area contributed by atoms with Gasteiger partial charge in [0.25, 0.3) is 0 Å². The smallest absolute Gasteiger partial charge is 0.323 e. The second-order valence-electron chi connectivity index (χ2n) is 3.55. The van der Waals surface area contributed by atoms with Gasteiger partial charge < -0.3 is 4.74 Å². The molecule has 0 heterocycles. The van der Waals surface area contributed by atoms with E-state index < -0.39 is 24.6 Å². The lowest BCUT2D eigenvalue weighted by molar-refractivity contribution is -0.326. The van der Waals surface area contributed by atoms with Gasteiger partial charge in [-0.05, 0) is 12.0 Å². The summed E-state index contributed by atoms with van der Waals surface area (Å²) in [5.41, 5.74) is 0.187. The number of hydrogen-bond donors (Lipinski definition) is 0. The van der Waals surface area contributed by atoms with E-state index in [0.717, 1.165) is 0 Å². The second-order valence-corrected chi connectivity index (χ2v) is 3.55. The molecule has 1 nitrogen and oxygen atoms in total. The average molecular weight is 254 g/mol. The van der Waals surface area contributed by atoms with E-state index in [1.54, 1.807) is 6.07 Å². The highest BCUT2D eigenvalue weighted by Crippen LogP contribution is 2.40. The minimum Gasteiger partial charge on any atom is -0.323 e. The highest BCUT2D eigenvalue weighted by molar-refractivity contribution is 5.16. The van der Waals surface area contributed by atoms with E-state index in [2.05, 4.69) is 4.74 Å². The Bertz CT molecular complexity index is 347. The first-order valence-electron chi connectivity index (χ1n) is 4.81. The first kappa shape index (κ1) is 13.9.